The van der Waals surface area contributed by atoms with E-state index < -0.39 is 0 Å². The van der Waals surface area contributed by atoms with Crippen molar-refractivity contribution < 1.29 is 4.39 Å². The van der Waals surface area contributed by atoms with Crippen LogP contribution >= 0.6 is 0 Å². The third kappa shape index (κ3) is 3.11. The molecule has 0 aliphatic carbocycles. The molecule has 1 aromatic carbocycles. The van der Waals surface area contributed by atoms with Crippen LogP contribution in [0.15, 0.2) is 48.8 Å². The number of nitrogens with zero attached hydrogens (tertiary/aromatic N) is 1. The van der Waals surface area contributed by atoms with Crippen molar-refractivity contribution in [1.29, 1.82) is 0 Å². The number of hydrogen-bond acceptors (Lipinski definition) is 2. The Labute approximate surface area is 100 Å². The summed E-state index contributed by atoms with van der Waals surface area (Å²) in [6.07, 6.45) is 5.07. The van der Waals surface area contributed by atoms with E-state index in [2.05, 4.69) is 4.98 Å². The predicted octanol–water partition coefficient (Wildman–Crippen LogP) is 2.85. The summed E-state index contributed by atoms with van der Waals surface area (Å²) in [5.41, 5.74) is 7.75. The zero-order valence-electron chi connectivity index (χ0n) is 9.51. The minimum absolute atomic E-state index is 0.227. The molecular formula is C14H15FN2. The average Bonchev–Trinajstić information content (AvgIpc) is 2.38. The monoisotopic (exact) mass is 230 g/mol. The lowest BCUT2D eigenvalue weighted by Crippen LogP contribution is -2.13. The van der Waals surface area contributed by atoms with Gasteiger partial charge in [0.1, 0.15) is 5.82 Å². The van der Waals surface area contributed by atoms with Crippen LogP contribution in [-0.4, -0.2) is 4.98 Å². The van der Waals surface area contributed by atoms with E-state index in [0.29, 0.717) is 5.56 Å². The van der Waals surface area contributed by atoms with Gasteiger partial charge in [0.25, 0.3) is 0 Å². The zero-order chi connectivity index (χ0) is 12.1. The lowest BCUT2D eigenvalue weighted by molar-refractivity contribution is 0.564. The van der Waals surface area contributed by atoms with Gasteiger partial charge < -0.3 is 5.73 Å². The molecule has 0 bridgehead atoms. The van der Waals surface area contributed by atoms with E-state index in [4.69, 9.17) is 5.73 Å². The van der Waals surface area contributed by atoms with Gasteiger partial charge in [0.05, 0.1) is 0 Å². The van der Waals surface area contributed by atoms with Crippen LogP contribution in [0.25, 0.3) is 0 Å². The summed E-state index contributed by atoms with van der Waals surface area (Å²) >= 11 is 0. The number of rotatable bonds is 4. The molecule has 88 valence electrons. The van der Waals surface area contributed by atoms with E-state index in [1.807, 2.05) is 18.2 Å². The van der Waals surface area contributed by atoms with Gasteiger partial charge in [-0.05, 0) is 36.6 Å². The lowest BCUT2D eigenvalue weighted by Gasteiger charge is -2.12. The molecule has 1 unspecified atom stereocenters. The first-order valence-corrected chi connectivity index (χ1v) is 5.66. The number of benzene rings is 1. The molecule has 0 radical (unpaired) electrons. The van der Waals surface area contributed by atoms with Gasteiger partial charge >= 0.3 is 0 Å². The number of pyridine rings is 1. The Balaban J connectivity index is 1.99. The van der Waals surface area contributed by atoms with Crippen molar-refractivity contribution in [2.45, 2.75) is 18.9 Å². The van der Waals surface area contributed by atoms with Crippen molar-refractivity contribution >= 4 is 0 Å². The molecule has 1 atom stereocenters. The second-order valence-corrected chi connectivity index (χ2v) is 4.02. The largest absolute Gasteiger partial charge is 0.324 e. The first-order chi connectivity index (χ1) is 8.27. The molecule has 17 heavy (non-hydrogen) atoms. The molecule has 0 spiro atoms. The molecular weight excluding hydrogens is 215 g/mol. The summed E-state index contributed by atoms with van der Waals surface area (Å²) in [6, 6.07) is 10.3. The Bertz CT molecular complexity index is 471. The summed E-state index contributed by atoms with van der Waals surface area (Å²) < 4.78 is 13.5. The fraction of sp³-hybridized carbons (Fsp3) is 0.214. The molecule has 1 aromatic heterocycles. The number of aryl methyl sites for hydroxylation is 1. The fourth-order valence-electron chi connectivity index (χ4n) is 1.80. The van der Waals surface area contributed by atoms with E-state index in [0.717, 1.165) is 12.8 Å². The molecule has 0 saturated heterocycles. The maximum absolute atomic E-state index is 13.5. The SMILES string of the molecule is NC(CCc1ccncc1)c1ccccc1F. The van der Waals surface area contributed by atoms with Crippen molar-refractivity contribution in [2.75, 3.05) is 0 Å². The summed E-state index contributed by atoms with van der Waals surface area (Å²) in [5, 5.41) is 0. The van der Waals surface area contributed by atoms with E-state index in [1.54, 1.807) is 24.5 Å². The molecule has 0 amide bonds. The Hall–Kier alpha value is -1.74. The minimum Gasteiger partial charge on any atom is -0.324 e. The summed E-state index contributed by atoms with van der Waals surface area (Å²) in [4.78, 5) is 3.95. The Morgan fingerprint density at radius 3 is 2.53 bits per heavy atom. The normalized spacial score (nSPS) is 12.4. The van der Waals surface area contributed by atoms with Gasteiger partial charge in [-0.1, -0.05) is 18.2 Å². The molecule has 2 rings (SSSR count). The summed E-state index contributed by atoms with van der Waals surface area (Å²) in [6.45, 7) is 0. The Kier molecular flexibility index (Phi) is 3.83. The van der Waals surface area contributed by atoms with Crippen molar-refractivity contribution in [3.05, 3.63) is 65.7 Å². The van der Waals surface area contributed by atoms with Crippen molar-refractivity contribution in [2.24, 2.45) is 5.73 Å². The first-order valence-electron chi connectivity index (χ1n) is 5.66. The van der Waals surface area contributed by atoms with Crippen LogP contribution in [0, 0.1) is 5.82 Å². The van der Waals surface area contributed by atoms with Gasteiger partial charge in [0.15, 0.2) is 0 Å². The Morgan fingerprint density at radius 1 is 1.12 bits per heavy atom. The third-order valence-corrected chi connectivity index (χ3v) is 2.80. The summed E-state index contributed by atoms with van der Waals surface area (Å²) in [5.74, 6) is -0.227. The van der Waals surface area contributed by atoms with E-state index in [9.17, 15) is 4.39 Å². The van der Waals surface area contributed by atoms with Crippen LogP contribution in [0.1, 0.15) is 23.6 Å². The van der Waals surface area contributed by atoms with Gasteiger partial charge in [0.2, 0.25) is 0 Å². The van der Waals surface area contributed by atoms with E-state index in [-0.39, 0.29) is 11.9 Å². The van der Waals surface area contributed by atoms with Gasteiger partial charge in [-0.2, -0.15) is 0 Å². The van der Waals surface area contributed by atoms with Crippen molar-refractivity contribution in [3.8, 4) is 0 Å². The van der Waals surface area contributed by atoms with Gasteiger partial charge in [0, 0.05) is 24.0 Å². The molecule has 0 saturated carbocycles. The third-order valence-electron chi connectivity index (χ3n) is 2.80. The average molecular weight is 230 g/mol. The van der Waals surface area contributed by atoms with Crippen LogP contribution in [0.5, 0.6) is 0 Å². The van der Waals surface area contributed by atoms with E-state index >= 15 is 0 Å². The topological polar surface area (TPSA) is 38.9 Å². The molecule has 2 nitrogen and oxygen atoms in total. The van der Waals surface area contributed by atoms with Crippen LogP contribution in [0.2, 0.25) is 0 Å². The molecule has 1 heterocycles. The molecule has 0 aliphatic rings. The number of hydrogen-bond donors (Lipinski definition) is 1. The predicted molar refractivity (Wildman–Crippen MR) is 65.9 cm³/mol. The minimum atomic E-state index is -0.260. The second kappa shape index (κ2) is 5.55. The van der Waals surface area contributed by atoms with Gasteiger partial charge in [-0.25, -0.2) is 4.39 Å². The van der Waals surface area contributed by atoms with Crippen LogP contribution in [0.4, 0.5) is 4.39 Å². The lowest BCUT2D eigenvalue weighted by atomic mass is 10.00. The second-order valence-electron chi connectivity index (χ2n) is 4.02. The van der Waals surface area contributed by atoms with Crippen molar-refractivity contribution in [3.63, 3.8) is 0 Å². The van der Waals surface area contributed by atoms with Gasteiger partial charge in [-0.3, -0.25) is 4.98 Å². The Morgan fingerprint density at radius 2 is 1.82 bits per heavy atom. The summed E-state index contributed by atoms with van der Waals surface area (Å²) in [7, 11) is 0. The van der Waals surface area contributed by atoms with E-state index in [1.165, 1.54) is 11.6 Å². The number of aromatic nitrogens is 1. The first kappa shape index (κ1) is 11.7. The van der Waals surface area contributed by atoms with Crippen LogP contribution in [0.3, 0.4) is 0 Å². The zero-order valence-corrected chi connectivity index (χ0v) is 9.51. The maximum Gasteiger partial charge on any atom is 0.127 e. The highest BCUT2D eigenvalue weighted by Gasteiger charge is 2.10. The highest BCUT2D eigenvalue weighted by molar-refractivity contribution is 5.21. The molecule has 2 N–H and O–H groups in total. The smallest absolute Gasteiger partial charge is 0.127 e. The van der Waals surface area contributed by atoms with Crippen molar-refractivity contribution in [1.82, 2.24) is 4.98 Å². The van der Waals surface area contributed by atoms with Crippen LogP contribution < -0.4 is 5.73 Å². The maximum atomic E-state index is 13.5. The molecule has 0 fully saturated rings. The highest BCUT2D eigenvalue weighted by atomic mass is 19.1. The fourth-order valence-corrected chi connectivity index (χ4v) is 1.80. The molecule has 0 aliphatic heterocycles. The highest BCUT2D eigenvalue weighted by Crippen LogP contribution is 2.19. The van der Waals surface area contributed by atoms with Gasteiger partial charge in [-0.15, -0.1) is 0 Å². The standard InChI is InChI=1S/C14H15FN2/c15-13-4-2-1-3-12(13)14(16)6-5-11-7-9-17-10-8-11/h1-4,7-10,14H,5-6,16H2. The molecule has 3 heteroatoms. The number of halogens is 1. The molecule has 2 aromatic rings. The number of nitrogens with two attached hydrogens (primary N) is 1. The quantitative estimate of drug-likeness (QED) is 0.877. The van der Waals surface area contributed by atoms with Crippen LogP contribution in [-0.2, 0) is 6.42 Å².